The zero-order chi connectivity index (χ0) is 17.4. The van der Waals surface area contributed by atoms with Gasteiger partial charge in [0.05, 0.1) is 21.2 Å². The standard InChI is InChI=1S/C19H20N2O2S2/c1-14-9-11-15(12-10-14)25(22,23)21-13-5-4-7-17(21)19-20-16-6-2-3-8-18(16)24-19/h2-3,6,8-12,17H,4-5,7,13H2,1H3. The normalized spacial score (nSPS) is 19.3. The quantitative estimate of drug-likeness (QED) is 0.679. The Bertz CT molecular complexity index is 961. The Kier molecular flexibility index (Phi) is 4.35. The Hall–Kier alpha value is -1.76. The van der Waals surface area contributed by atoms with Gasteiger partial charge in [0.15, 0.2) is 0 Å². The summed E-state index contributed by atoms with van der Waals surface area (Å²) >= 11 is 1.60. The Morgan fingerprint density at radius 3 is 2.60 bits per heavy atom. The van der Waals surface area contributed by atoms with Crippen molar-refractivity contribution in [2.45, 2.75) is 37.1 Å². The van der Waals surface area contributed by atoms with Gasteiger partial charge in [0, 0.05) is 6.54 Å². The number of fused-ring (bicyclic) bond motifs is 1. The van der Waals surface area contributed by atoms with Crippen LogP contribution in [0.1, 0.15) is 35.9 Å². The SMILES string of the molecule is Cc1ccc(S(=O)(=O)N2CCCCC2c2nc3ccccc3s2)cc1. The third kappa shape index (κ3) is 3.10. The second-order valence-corrected chi connectivity index (χ2v) is 9.41. The lowest BCUT2D eigenvalue weighted by Crippen LogP contribution is -2.38. The highest BCUT2D eigenvalue weighted by atomic mass is 32.2. The summed E-state index contributed by atoms with van der Waals surface area (Å²) in [6.07, 6.45) is 2.75. The number of benzene rings is 2. The molecule has 0 aliphatic carbocycles. The highest BCUT2D eigenvalue weighted by Gasteiger charge is 2.36. The highest BCUT2D eigenvalue weighted by Crippen LogP contribution is 2.38. The van der Waals surface area contributed by atoms with E-state index in [0.29, 0.717) is 11.4 Å². The van der Waals surface area contributed by atoms with Crippen LogP contribution in [-0.2, 0) is 10.0 Å². The highest BCUT2D eigenvalue weighted by molar-refractivity contribution is 7.89. The lowest BCUT2D eigenvalue weighted by Gasteiger charge is -2.33. The first-order valence-electron chi connectivity index (χ1n) is 8.50. The van der Waals surface area contributed by atoms with E-state index in [-0.39, 0.29) is 6.04 Å². The third-order valence-corrected chi connectivity index (χ3v) is 7.74. The molecular weight excluding hydrogens is 352 g/mol. The fourth-order valence-electron chi connectivity index (χ4n) is 3.32. The second-order valence-electron chi connectivity index (χ2n) is 6.46. The van der Waals surface area contributed by atoms with Crippen LogP contribution >= 0.6 is 11.3 Å². The molecule has 0 radical (unpaired) electrons. The molecule has 1 aliphatic rings. The van der Waals surface area contributed by atoms with Crippen LogP contribution in [0.25, 0.3) is 10.2 Å². The Balaban J connectivity index is 1.74. The molecule has 1 aliphatic heterocycles. The van der Waals surface area contributed by atoms with Crippen LogP contribution < -0.4 is 0 Å². The monoisotopic (exact) mass is 372 g/mol. The average Bonchev–Trinajstić information content (AvgIpc) is 3.06. The van der Waals surface area contributed by atoms with Crippen LogP contribution in [0.2, 0.25) is 0 Å². The molecule has 0 spiro atoms. The van der Waals surface area contributed by atoms with E-state index in [2.05, 4.69) is 0 Å². The fourth-order valence-corrected chi connectivity index (χ4v) is 6.16. The van der Waals surface area contributed by atoms with Crippen molar-refractivity contribution in [3.63, 3.8) is 0 Å². The van der Waals surface area contributed by atoms with Crippen molar-refractivity contribution in [1.29, 1.82) is 0 Å². The molecule has 1 unspecified atom stereocenters. The van der Waals surface area contributed by atoms with Crippen LogP contribution in [0.5, 0.6) is 0 Å². The molecule has 6 heteroatoms. The summed E-state index contributed by atoms with van der Waals surface area (Å²) in [6.45, 7) is 2.51. The van der Waals surface area contributed by atoms with Gasteiger partial charge in [-0.05, 0) is 44.0 Å². The van der Waals surface area contributed by atoms with E-state index >= 15 is 0 Å². The fraction of sp³-hybridized carbons (Fsp3) is 0.316. The van der Waals surface area contributed by atoms with Crippen molar-refractivity contribution < 1.29 is 8.42 Å². The minimum absolute atomic E-state index is 0.169. The first-order chi connectivity index (χ1) is 12.1. The van der Waals surface area contributed by atoms with Crippen LogP contribution in [0.3, 0.4) is 0 Å². The van der Waals surface area contributed by atoms with Gasteiger partial charge in [-0.2, -0.15) is 4.31 Å². The van der Waals surface area contributed by atoms with Crippen molar-refractivity contribution in [2.24, 2.45) is 0 Å². The maximum absolute atomic E-state index is 13.2. The molecule has 0 amide bonds. The lowest BCUT2D eigenvalue weighted by atomic mass is 10.1. The molecule has 0 N–H and O–H groups in total. The number of thiazole rings is 1. The molecule has 1 saturated heterocycles. The summed E-state index contributed by atoms with van der Waals surface area (Å²) in [5.41, 5.74) is 2.00. The number of aryl methyl sites for hydroxylation is 1. The van der Waals surface area contributed by atoms with Crippen LogP contribution in [0, 0.1) is 6.92 Å². The molecule has 3 aromatic rings. The van der Waals surface area contributed by atoms with Crippen molar-refractivity contribution in [3.05, 3.63) is 59.1 Å². The summed E-state index contributed by atoms with van der Waals surface area (Å²) in [7, 11) is -3.51. The maximum Gasteiger partial charge on any atom is 0.243 e. The number of hydrogen-bond acceptors (Lipinski definition) is 4. The van der Waals surface area contributed by atoms with Gasteiger partial charge in [0.2, 0.25) is 10.0 Å². The van der Waals surface area contributed by atoms with E-state index in [0.717, 1.165) is 40.1 Å². The van der Waals surface area contributed by atoms with E-state index in [4.69, 9.17) is 4.98 Å². The Labute approximate surface area is 152 Å². The first-order valence-corrected chi connectivity index (χ1v) is 10.8. The topological polar surface area (TPSA) is 50.3 Å². The second kappa shape index (κ2) is 6.52. The van der Waals surface area contributed by atoms with Gasteiger partial charge < -0.3 is 0 Å². The zero-order valence-corrected chi connectivity index (χ0v) is 15.7. The molecule has 4 nitrogen and oxygen atoms in total. The Morgan fingerprint density at radius 1 is 1.08 bits per heavy atom. The number of piperidine rings is 1. The molecule has 25 heavy (non-hydrogen) atoms. The van der Waals surface area contributed by atoms with E-state index in [1.807, 2.05) is 43.3 Å². The van der Waals surface area contributed by atoms with Gasteiger partial charge in [-0.15, -0.1) is 11.3 Å². The first kappa shape index (κ1) is 16.7. The predicted octanol–water partition coefficient (Wildman–Crippen LogP) is 4.52. The largest absolute Gasteiger partial charge is 0.243 e. The van der Waals surface area contributed by atoms with Crippen molar-refractivity contribution in [1.82, 2.24) is 9.29 Å². The van der Waals surface area contributed by atoms with Gasteiger partial charge in [-0.25, -0.2) is 13.4 Å². The molecule has 1 atom stereocenters. The van der Waals surface area contributed by atoms with Crippen LogP contribution in [0.4, 0.5) is 0 Å². The summed E-state index contributed by atoms with van der Waals surface area (Å²) in [4.78, 5) is 5.09. The summed E-state index contributed by atoms with van der Waals surface area (Å²) in [5.74, 6) is 0. The van der Waals surface area contributed by atoms with Crippen LogP contribution in [0.15, 0.2) is 53.4 Å². The lowest BCUT2D eigenvalue weighted by molar-refractivity contribution is 0.255. The molecule has 2 aromatic carbocycles. The molecule has 2 heterocycles. The van der Waals surface area contributed by atoms with Gasteiger partial charge >= 0.3 is 0 Å². The third-order valence-electron chi connectivity index (χ3n) is 4.68. The van der Waals surface area contributed by atoms with Crippen LogP contribution in [-0.4, -0.2) is 24.3 Å². The van der Waals surface area contributed by atoms with E-state index in [9.17, 15) is 8.42 Å². The molecule has 130 valence electrons. The minimum Gasteiger partial charge on any atom is -0.239 e. The van der Waals surface area contributed by atoms with Gasteiger partial charge in [0.1, 0.15) is 5.01 Å². The van der Waals surface area contributed by atoms with Gasteiger partial charge in [0.25, 0.3) is 0 Å². The van der Waals surface area contributed by atoms with Crippen molar-refractivity contribution in [2.75, 3.05) is 6.54 Å². The molecule has 1 fully saturated rings. The van der Waals surface area contributed by atoms with E-state index in [1.54, 1.807) is 27.8 Å². The minimum atomic E-state index is -3.51. The summed E-state index contributed by atoms with van der Waals surface area (Å²) in [5, 5.41) is 0.900. The van der Waals surface area contributed by atoms with Gasteiger partial charge in [-0.3, -0.25) is 0 Å². The summed E-state index contributed by atoms with van der Waals surface area (Å²) in [6, 6.07) is 14.9. The Morgan fingerprint density at radius 2 is 1.84 bits per heavy atom. The molecular formula is C19H20N2O2S2. The smallest absolute Gasteiger partial charge is 0.239 e. The van der Waals surface area contributed by atoms with Crippen molar-refractivity contribution in [3.8, 4) is 0 Å². The number of sulfonamides is 1. The molecule has 4 rings (SSSR count). The zero-order valence-electron chi connectivity index (χ0n) is 14.1. The van der Waals surface area contributed by atoms with E-state index in [1.165, 1.54) is 0 Å². The number of hydrogen-bond donors (Lipinski definition) is 0. The van der Waals surface area contributed by atoms with Crippen molar-refractivity contribution >= 4 is 31.6 Å². The number of rotatable bonds is 3. The predicted molar refractivity (Wildman–Crippen MR) is 101 cm³/mol. The molecule has 0 saturated carbocycles. The number of nitrogens with zero attached hydrogens (tertiary/aromatic N) is 2. The number of para-hydroxylation sites is 1. The van der Waals surface area contributed by atoms with E-state index < -0.39 is 10.0 Å². The maximum atomic E-state index is 13.2. The van der Waals surface area contributed by atoms with Gasteiger partial charge in [-0.1, -0.05) is 36.2 Å². The molecule has 1 aromatic heterocycles. The average molecular weight is 373 g/mol. The number of aromatic nitrogens is 1. The molecule has 0 bridgehead atoms. The summed E-state index contributed by atoms with van der Waals surface area (Å²) < 4.78 is 29.2.